The SMILES string of the molecule is CCOc1cc(NC(C)c2cccc(F)c2)c(N)cc1F. The molecule has 1 atom stereocenters. The molecule has 0 bridgehead atoms. The summed E-state index contributed by atoms with van der Waals surface area (Å²) in [5, 5.41) is 3.14. The normalized spacial score (nSPS) is 12.0. The molecule has 3 nitrogen and oxygen atoms in total. The number of halogens is 2. The predicted octanol–water partition coefficient (Wildman–Crippen LogP) is 4.12. The van der Waals surface area contributed by atoms with E-state index in [-0.39, 0.29) is 23.3 Å². The van der Waals surface area contributed by atoms with Crippen molar-refractivity contribution in [2.45, 2.75) is 19.9 Å². The molecule has 0 amide bonds. The Morgan fingerprint density at radius 2 is 2.00 bits per heavy atom. The summed E-state index contributed by atoms with van der Waals surface area (Å²) in [5.74, 6) is -0.665. The molecule has 0 spiro atoms. The molecule has 0 saturated heterocycles. The number of hydrogen-bond donors (Lipinski definition) is 2. The number of nitrogens with two attached hydrogens (primary N) is 1. The van der Waals surface area contributed by atoms with Crippen molar-refractivity contribution in [1.29, 1.82) is 0 Å². The van der Waals surface area contributed by atoms with Gasteiger partial charge in [-0.1, -0.05) is 12.1 Å². The molecule has 1 unspecified atom stereocenters. The highest BCUT2D eigenvalue weighted by atomic mass is 19.1. The fraction of sp³-hybridized carbons (Fsp3) is 0.250. The van der Waals surface area contributed by atoms with Gasteiger partial charge in [0.05, 0.1) is 18.0 Å². The fourth-order valence-electron chi connectivity index (χ4n) is 2.05. The number of nitrogens with one attached hydrogen (secondary N) is 1. The molecular formula is C16H18F2N2O. The van der Waals surface area contributed by atoms with E-state index in [1.54, 1.807) is 13.0 Å². The van der Waals surface area contributed by atoms with E-state index < -0.39 is 5.82 Å². The molecular weight excluding hydrogens is 274 g/mol. The molecule has 0 aliphatic carbocycles. The minimum Gasteiger partial charge on any atom is -0.491 e. The first-order chi connectivity index (χ1) is 10.0. The van der Waals surface area contributed by atoms with Crippen LogP contribution in [0.15, 0.2) is 36.4 Å². The average Bonchev–Trinajstić information content (AvgIpc) is 2.44. The molecule has 2 aromatic rings. The van der Waals surface area contributed by atoms with Gasteiger partial charge in [0.15, 0.2) is 11.6 Å². The fourth-order valence-corrected chi connectivity index (χ4v) is 2.05. The van der Waals surface area contributed by atoms with Crippen LogP contribution in [0.4, 0.5) is 20.2 Å². The Labute approximate surface area is 122 Å². The van der Waals surface area contributed by atoms with Crippen molar-refractivity contribution in [3.05, 3.63) is 53.6 Å². The number of rotatable bonds is 5. The zero-order chi connectivity index (χ0) is 15.4. The van der Waals surface area contributed by atoms with Crippen LogP contribution in [0.2, 0.25) is 0 Å². The first-order valence-electron chi connectivity index (χ1n) is 6.75. The Bertz CT molecular complexity index is 632. The number of nitrogen functional groups attached to an aromatic ring is 1. The van der Waals surface area contributed by atoms with Crippen molar-refractivity contribution in [2.75, 3.05) is 17.7 Å². The van der Waals surface area contributed by atoms with Crippen molar-refractivity contribution >= 4 is 11.4 Å². The predicted molar refractivity (Wildman–Crippen MR) is 80.4 cm³/mol. The van der Waals surface area contributed by atoms with Crippen LogP contribution in [0, 0.1) is 11.6 Å². The van der Waals surface area contributed by atoms with Crippen LogP contribution < -0.4 is 15.8 Å². The summed E-state index contributed by atoms with van der Waals surface area (Å²) >= 11 is 0. The first kappa shape index (κ1) is 15.1. The highest BCUT2D eigenvalue weighted by molar-refractivity contribution is 5.69. The minimum atomic E-state index is -0.502. The maximum Gasteiger partial charge on any atom is 0.167 e. The Hall–Kier alpha value is -2.30. The molecule has 5 heteroatoms. The van der Waals surface area contributed by atoms with Gasteiger partial charge in [-0.25, -0.2) is 8.78 Å². The highest BCUT2D eigenvalue weighted by Crippen LogP contribution is 2.31. The van der Waals surface area contributed by atoms with Crippen molar-refractivity contribution in [3.63, 3.8) is 0 Å². The van der Waals surface area contributed by atoms with Crippen molar-refractivity contribution in [3.8, 4) is 5.75 Å². The van der Waals surface area contributed by atoms with E-state index in [2.05, 4.69) is 5.32 Å². The summed E-state index contributed by atoms with van der Waals surface area (Å²) in [6.45, 7) is 4.01. The average molecular weight is 292 g/mol. The van der Waals surface area contributed by atoms with E-state index in [0.29, 0.717) is 12.3 Å². The van der Waals surface area contributed by atoms with Crippen LogP contribution in [0.5, 0.6) is 5.75 Å². The van der Waals surface area contributed by atoms with Gasteiger partial charge in [0.2, 0.25) is 0 Å². The van der Waals surface area contributed by atoms with Crippen LogP contribution in [0.3, 0.4) is 0 Å². The molecule has 3 N–H and O–H groups in total. The van der Waals surface area contributed by atoms with Gasteiger partial charge in [-0.05, 0) is 31.5 Å². The highest BCUT2D eigenvalue weighted by Gasteiger charge is 2.12. The summed E-state index contributed by atoms with van der Waals surface area (Å²) in [4.78, 5) is 0. The third-order valence-corrected chi connectivity index (χ3v) is 3.12. The second kappa shape index (κ2) is 6.43. The van der Waals surface area contributed by atoms with E-state index >= 15 is 0 Å². The smallest absolute Gasteiger partial charge is 0.167 e. The quantitative estimate of drug-likeness (QED) is 0.815. The molecule has 0 fully saturated rings. The summed E-state index contributed by atoms with van der Waals surface area (Å²) in [6, 6.07) is 8.83. The number of benzene rings is 2. The van der Waals surface area contributed by atoms with Gasteiger partial charge in [0, 0.05) is 18.2 Å². The molecule has 2 rings (SSSR count). The second-order valence-electron chi connectivity index (χ2n) is 4.72. The molecule has 112 valence electrons. The van der Waals surface area contributed by atoms with E-state index in [4.69, 9.17) is 10.5 Å². The number of anilines is 2. The van der Waals surface area contributed by atoms with Crippen LogP contribution in [-0.2, 0) is 0 Å². The lowest BCUT2D eigenvalue weighted by Crippen LogP contribution is -2.09. The van der Waals surface area contributed by atoms with Crippen LogP contribution >= 0.6 is 0 Å². The van der Waals surface area contributed by atoms with Crippen LogP contribution in [0.25, 0.3) is 0 Å². The molecule has 0 heterocycles. The monoisotopic (exact) mass is 292 g/mol. The van der Waals surface area contributed by atoms with Gasteiger partial charge < -0.3 is 15.8 Å². The maximum atomic E-state index is 13.6. The van der Waals surface area contributed by atoms with Crippen molar-refractivity contribution in [1.82, 2.24) is 0 Å². The Balaban J connectivity index is 2.24. The van der Waals surface area contributed by atoms with Crippen molar-refractivity contribution in [2.24, 2.45) is 0 Å². The van der Waals surface area contributed by atoms with Gasteiger partial charge >= 0.3 is 0 Å². The third-order valence-electron chi connectivity index (χ3n) is 3.12. The lowest BCUT2D eigenvalue weighted by Gasteiger charge is -2.18. The Morgan fingerprint density at radius 3 is 2.67 bits per heavy atom. The molecule has 2 aromatic carbocycles. The Morgan fingerprint density at radius 1 is 1.24 bits per heavy atom. The van der Waals surface area contributed by atoms with Gasteiger partial charge in [0.25, 0.3) is 0 Å². The van der Waals surface area contributed by atoms with E-state index in [0.717, 1.165) is 5.56 Å². The lowest BCUT2D eigenvalue weighted by atomic mass is 10.1. The molecule has 0 radical (unpaired) electrons. The summed E-state index contributed by atoms with van der Waals surface area (Å²) in [6.07, 6.45) is 0. The largest absolute Gasteiger partial charge is 0.491 e. The van der Waals surface area contributed by atoms with Gasteiger partial charge in [-0.2, -0.15) is 0 Å². The molecule has 0 aromatic heterocycles. The standard InChI is InChI=1S/C16H18F2N2O/c1-3-21-16-9-15(14(19)8-13(16)18)20-10(2)11-5-4-6-12(17)7-11/h4-10,20H,3,19H2,1-2H3. The molecule has 0 saturated carbocycles. The van der Waals surface area contributed by atoms with Gasteiger partial charge in [-0.3, -0.25) is 0 Å². The van der Waals surface area contributed by atoms with Gasteiger partial charge in [0.1, 0.15) is 5.82 Å². The first-order valence-corrected chi connectivity index (χ1v) is 6.75. The number of hydrogen-bond acceptors (Lipinski definition) is 3. The van der Waals surface area contributed by atoms with E-state index in [1.807, 2.05) is 13.0 Å². The zero-order valence-electron chi connectivity index (χ0n) is 12.0. The summed E-state index contributed by atoms with van der Waals surface area (Å²) < 4.78 is 32.1. The molecule has 0 aliphatic heterocycles. The maximum absolute atomic E-state index is 13.6. The molecule has 21 heavy (non-hydrogen) atoms. The number of ether oxygens (including phenoxy) is 1. The summed E-state index contributed by atoms with van der Waals surface area (Å²) in [5.41, 5.74) is 7.41. The van der Waals surface area contributed by atoms with Crippen LogP contribution in [-0.4, -0.2) is 6.61 Å². The second-order valence-corrected chi connectivity index (χ2v) is 4.72. The third kappa shape index (κ3) is 3.62. The topological polar surface area (TPSA) is 47.3 Å². The molecule has 0 aliphatic rings. The van der Waals surface area contributed by atoms with E-state index in [9.17, 15) is 8.78 Å². The minimum absolute atomic E-state index is 0.139. The summed E-state index contributed by atoms with van der Waals surface area (Å²) in [7, 11) is 0. The Kier molecular flexibility index (Phi) is 4.62. The zero-order valence-corrected chi connectivity index (χ0v) is 12.0. The lowest BCUT2D eigenvalue weighted by molar-refractivity contribution is 0.322. The van der Waals surface area contributed by atoms with Crippen LogP contribution in [0.1, 0.15) is 25.5 Å². The van der Waals surface area contributed by atoms with Crippen molar-refractivity contribution < 1.29 is 13.5 Å². The van der Waals surface area contributed by atoms with E-state index in [1.165, 1.54) is 24.3 Å². The van der Waals surface area contributed by atoms with Gasteiger partial charge in [-0.15, -0.1) is 0 Å².